The van der Waals surface area contributed by atoms with Gasteiger partial charge in [-0.3, -0.25) is 19.2 Å². The van der Waals surface area contributed by atoms with Crippen LogP contribution in [-0.4, -0.2) is 33.4 Å². The highest BCUT2D eigenvalue weighted by atomic mass is 35.5. The van der Waals surface area contributed by atoms with Crippen LogP contribution >= 0.6 is 23.2 Å². The fourth-order valence-corrected chi connectivity index (χ4v) is 5.72. The van der Waals surface area contributed by atoms with Crippen molar-refractivity contribution in [1.82, 2.24) is 14.5 Å². The predicted octanol–water partition coefficient (Wildman–Crippen LogP) is 5.43. The molecule has 5 rings (SSSR count). The summed E-state index contributed by atoms with van der Waals surface area (Å²) in [6.45, 7) is 1.25. The fourth-order valence-electron chi connectivity index (χ4n) is 5.44. The standard InChI is InChI=1S/C32H32Cl2N6O2/c33-25-11-12-28(40(36)20-30(34)35)26(18-25)27-19-31(41)39(21-37-27)29(17-22-7-3-1-4-8-22)32(42)38-15-13-24(14-16-38)23-9-5-2-6-10-23/h1-12,18-21,24,29H,13-17,35-36H2/b30-20-. The molecule has 1 fully saturated rings. The molecule has 0 aliphatic carbocycles. The Morgan fingerprint density at radius 3 is 2.33 bits per heavy atom. The Labute approximate surface area is 254 Å². The van der Waals surface area contributed by atoms with E-state index in [2.05, 4.69) is 17.1 Å². The Morgan fingerprint density at radius 1 is 1.02 bits per heavy atom. The van der Waals surface area contributed by atoms with E-state index in [0.717, 1.165) is 18.4 Å². The van der Waals surface area contributed by atoms with Crippen molar-refractivity contribution in [2.75, 3.05) is 18.1 Å². The molecule has 3 aromatic carbocycles. The van der Waals surface area contributed by atoms with Crippen molar-refractivity contribution in [3.05, 3.63) is 129 Å². The number of anilines is 1. The number of carbonyl (C=O) groups is 1. The van der Waals surface area contributed by atoms with Gasteiger partial charge in [-0.05, 0) is 48.1 Å². The SMILES string of the molecule is N/C(Cl)=C\N(N)c1ccc(Cl)cc1-c1cc(=O)n(C(Cc2ccccc2)C(=O)N2CCC(c3ccccc3)CC2)cn1. The second-order valence-corrected chi connectivity index (χ2v) is 11.2. The zero-order valence-electron chi connectivity index (χ0n) is 22.9. The van der Waals surface area contributed by atoms with Crippen LogP contribution < -0.4 is 22.1 Å². The molecule has 1 aliphatic rings. The van der Waals surface area contributed by atoms with Gasteiger partial charge >= 0.3 is 0 Å². The third kappa shape index (κ3) is 6.85. The van der Waals surface area contributed by atoms with Gasteiger partial charge in [-0.2, -0.15) is 0 Å². The molecule has 216 valence electrons. The van der Waals surface area contributed by atoms with Crippen LogP contribution in [0.2, 0.25) is 5.02 Å². The molecular formula is C32H32Cl2N6O2. The van der Waals surface area contributed by atoms with Gasteiger partial charge in [-0.1, -0.05) is 83.9 Å². The minimum absolute atomic E-state index is 0.0168. The second-order valence-electron chi connectivity index (χ2n) is 10.3. The summed E-state index contributed by atoms with van der Waals surface area (Å²) in [4.78, 5) is 34.1. The first-order chi connectivity index (χ1) is 20.3. The minimum atomic E-state index is -0.751. The van der Waals surface area contributed by atoms with Gasteiger partial charge in [-0.25, -0.2) is 10.8 Å². The van der Waals surface area contributed by atoms with E-state index < -0.39 is 6.04 Å². The molecule has 0 radical (unpaired) electrons. The molecule has 1 aliphatic heterocycles. The number of hydrogen-bond acceptors (Lipinski definition) is 6. The van der Waals surface area contributed by atoms with E-state index >= 15 is 0 Å². The maximum Gasteiger partial charge on any atom is 0.254 e. The lowest BCUT2D eigenvalue weighted by atomic mass is 9.89. The topological polar surface area (TPSA) is 110 Å². The normalized spacial score (nSPS) is 14.9. The summed E-state index contributed by atoms with van der Waals surface area (Å²) in [5.74, 6) is 6.45. The zero-order chi connectivity index (χ0) is 29.6. The molecule has 0 bridgehead atoms. The lowest BCUT2D eigenvalue weighted by Gasteiger charge is -2.35. The highest BCUT2D eigenvalue weighted by molar-refractivity contribution is 6.31. The van der Waals surface area contributed by atoms with Crippen molar-refractivity contribution in [3.63, 3.8) is 0 Å². The molecule has 2 heterocycles. The number of likely N-dealkylation sites (tertiary alicyclic amines) is 1. The first kappa shape index (κ1) is 29.4. The average Bonchev–Trinajstić information content (AvgIpc) is 3.00. The summed E-state index contributed by atoms with van der Waals surface area (Å²) >= 11 is 12.1. The van der Waals surface area contributed by atoms with Gasteiger partial charge in [0.1, 0.15) is 11.2 Å². The second kappa shape index (κ2) is 13.2. The van der Waals surface area contributed by atoms with E-state index in [4.69, 9.17) is 34.8 Å². The van der Waals surface area contributed by atoms with Gasteiger partial charge in [0.05, 0.1) is 23.9 Å². The molecule has 8 nitrogen and oxygen atoms in total. The molecule has 1 aromatic heterocycles. The van der Waals surface area contributed by atoms with Gasteiger partial charge in [0.25, 0.3) is 5.56 Å². The first-order valence-corrected chi connectivity index (χ1v) is 14.5. The van der Waals surface area contributed by atoms with Crippen molar-refractivity contribution in [2.45, 2.75) is 31.2 Å². The van der Waals surface area contributed by atoms with Crippen LogP contribution in [0.1, 0.15) is 35.9 Å². The Hall–Kier alpha value is -4.11. The van der Waals surface area contributed by atoms with E-state index in [0.29, 0.717) is 47.4 Å². The highest BCUT2D eigenvalue weighted by Crippen LogP contribution is 2.32. The van der Waals surface area contributed by atoms with Crippen LogP contribution in [0.15, 0.2) is 107 Å². The number of hydrogen-bond donors (Lipinski definition) is 2. The quantitative estimate of drug-likeness (QED) is 0.158. The fraction of sp³-hybridized carbons (Fsp3) is 0.219. The Kier molecular flexibility index (Phi) is 9.27. The monoisotopic (exact) mass is 602 g/mol. The minimum Gasteiger partial charge on any atom is -0.388 e. The largest absolute Gasteiger partial charge is 0.388 e. The van der Waals surface area contributed by atoms with Crippen LogP contribution in [0.4, 0.5) is 5.69 Å². The van der Waals surface area contributed by atoms with Gasteiger partial charge in [0.2, 0.25) is 5.91 Å². The number of aromatic nitrogens is 2. The summed E-state index contributed by atoms with van der Waals surface area (Å²) in [5, 5.41) is 1.66. The summed E-state index contributed by atoms with van der Waals surface area (Å²) in [7, 11) is 0. The van der Waals surface area contributed by atoms with Crippen molar-refractivity contribution in [2.24, 2.45) is 11.6 Å². The van der Waals surface area contributed by atoms with E-state index in [1.54, 1.807) is 18.2 Å². The summed E-state index contributed by atoms with van der Waals surface area (Å²) in [6.07, 6.45) is 4.86. The predicted molar refractivity (Wildman–Crippen MR) is 168 cm³/mol. The molecule has 1 amide bonds. The van der Waals surface area contributed by atoms with Crippen molar-refractivity contribution < 1.29 is 4.79 Å². The van der Waals surface area contributed by atoms with E-state index in [1.807, 2.05) is 53.4 Å². The maximum absolute atomic E-state index is 14.0. The molecule has 1 saturated heterocycles. The number of hydrazine groups is 1. The molecule has 10 heteroatoms. The number of piperidine rings is 1. The highest BCUT2D eigenvalue weighted by Gasteiger charge is 2.31. The van der Waals surface area contributed by atoms with Gasteiger partial charge in [0.15, 0.2) is 0 Å². The van der Waals surface area contributed by atoms with E-state index in [9.17, 15) is 9.59 Å². The summed E-state index contributed by atoms with van der Waals surface area (Å²) in [6, 6.07) is 25.7. The molecule has 1 atom stereocenters. The third-order valence-corrected chi connectivity index (χ3v) is 7.91. The summed E-state index contributed by atoms with van der Waals surface area (Å²) in [5.41, 5.74) is 8.82. The smallest absolute Gasteiger partial charge is 0.254 e. The summed E-state index contributed by atoms with van der Waals surface area (Å²) < 4.78 is 1.42. The van der Waals surface area contributed by atoms with Crippen molar-refractivity contribution in [3.8, 4) is 11.3 Å². The molecule has 4 aromatic rings. The zero-order valence-corrected chi connectivity index (χ0v) is 24.5. The van der Waals surface area contributed by atoms with Gasteiger partial charge in [0, 0.05) is 36.2 Å². The van der Waals surface area contributed by atoms with Crippen molar-refractivity contribution >= 4 is 34.8 Å². The average molecular weight is 604 g/mol. The molecular weight excluding hydrogens is 571 g/mol. The lowest BCUT2D eigenvalue weighted by molar-refractivity contribution is -0.136. The number of amides is 1. The number of rotatable bonds is 8. The number of halogens is 2. The van der Waals surface area contributed by atoms with Crippen LogP contribution in [-0.2, 0) is 11.2 Å². The van der Waals surface area contributed by atoms with E-state index in [1.165, 1.54) is 33.7 Å². The number of benzene rings is 3. The van der Waals surface area contributed by atoms with Gasteiger partial charge in [-0.15, -0.1) is 0 Å². The number of nitrogens with two attached hydrogens (primary N) is 2. The maximum atomic E-state index is 14.0. The van der Waals surface area contributed by atoms with E-state index in [-0.39, 0.29) is 16.6 Å². The van der Waals surface area contributed by atoms with Crippen LogP contribution in [0.3, 0.4) is 0 Å². The van der Waals surface area contributed by atoms with Crippen LogP contribution in [0.25, 0.3) is 11.3 Å². The molecule has 0 spiro atoms. The Morgan fingerprint density at radius 2 is 1.69 bits per heavy atom. The van der Waals surface area contributed by atoms with Gasteiger partial charge < -0.3 is 10.6 Å². The van der Waals surface area contributed by atoms with Crippen LogP contribution in [0.5, 0.6) is 0 Å². The first-order valence-electron chi connectivity index (χ1n) is 13.7. The molecule has 4 N–H and O–H groups in total. The Bertz CT molecular complexity index is 1620. The number of carbonyl (C=O) groups excluding carboxylic acids is 1. The number of nitrogens with zero attached hydrogens (tertiary/aromatic N) is 4. The molecule has 1 unspecified atom stereocenters. The molecule has 42 heavy (non-hydrogen) atoms. The lowest BCUT2D eigenvalue weighted by Crippen LogP contribution is -2.44. The van der Waals surface area contributed by atoms with Crippen molar-refractivity contribution in [1.29, 1.82) is 0 Å². The molecule has 0 saturated carbocycles. The Balaban J connectivity index is 1.45. The third-order valence-electron chi connectivity index (χ3n) is 7.58. The van der Waals surface area contributed by atoms with Crippen LogP contribution in [0, 0.1) is 0 Å².